The number of carbonyl (C=O) groups is 1. The number of nitrogens with zero attached hydrogens (tertiary/aromatic N) is 1. The first-order valence-corrected chi connectivity index (χ1v) is 7.32. The van der Waals surface area contributed by atoms with Gasteiger partial charge < -0.3 is 5.32 Å². The summed E-state index contributed by atoms with van der Waals surface area (Å²) in [7, 11) is 0. The van der Waals surface area contributed by atoms with Gasteiger partial charge in [-0.1, -0.05) is 36.4 Å². The minimum Gasteiger partial charge on any atom is -0.352 e. The zero-order chi connectivity index (χ0) is 16.4. The molecule has 2 aromatic rings. The largest absolute Gasteiger partial charge is 0.352 e. The Labute approximate surface area is 132 Å². The van der Waals surface area contributed by atoms with Gasteiger partial charge >= 0.3 is 0 Å². The van der Waals surface area contributed by atoms with Gasteiger partial charge in [-0.3, -0.25) is 14.9 Å². The smallest absolute Gasteiger partial charge is 0.274 e. The van der Waals surface area contributed by atoms with Crippen LogP contribution in [0.25, 0.3) is 0 Å². The first-order valence-electron chi connectivity index (χ1n) is 7.32. The first kappa shape index (κ1) is 15.1. The van der Waals surface area contributed by atoms with Crippen LogP contribution < -0.4 is 5.32 Å². The van der Waals surface area contributed by atoms with Gasteiger partial charge in [-0.25, -0.2) is 4.39 Å². The number of nitro benzene ring substituents is 1. The first-order chi connectivity index (χ1) is 11.1. The second-order valence-electron chi connectivity index (χ2n) is 5.57. The lowest BCUT2D eigenvalue weighted by Gasteiger charge is -2.06. The average Bonchev–Trinajstić information content (AvgIpc) is 3.33. The number of hydrogen-bond donors (Lipinski definition) is 1. The van der Waals surface area contributed by atoms with Gasteiger partial charge in [-0.05, 0) is 24.0 Å². The van der Waals surface area contributed by atoms with E-state index in [9.17, 15) is 19.3 Å². The van der Waals surface area contributed by atoms with Crippen LogP contribution in [-0.4, -0.2) is 10.8 Å². The summed E-state index contributed by atoms with van der Waals surface area (Å²) in [6.07, 6.45) is 0.601. The fourth-order valence-electron chi connectivity index (χ4n) is 2.76. The van der Waals surface area contributed by atoms with Crippen molar-refractivity contribution in [2.45, 2.75) is 18.9 Å². The third-order valence-electron chi connectivity index (χ3n) is 4.07. The molecule has 3 rings (SSSR count). The maximum absolute atomic E-state index is 13.7. The second-order valence-corrected chi connectivity index (χ2v) is 5.57. The Morgan fingerprint density at radius 1 is 1.22 bits per heavy atom. The molecule has 1 aliphatic carbocycles. The number of nitro groups is 1. The van der Waals surface area contributed by atoms with Crippen LogP contribution >= 0.6 is 0 Å². The van der Waals surface area contributed by atoms with Crippen molar-refractivity contribution in [1.29, 1.82) is 0 Å². The molecular formula is C17H15FN2O3. The van der Waals surface area contributed by atoms with Crippen molar-refractivity contribution in [3.63, 3.8) is 0 Å². The summed E-state index contributed by atoms with van der Waals surface area (Å²) in [6.45, 7) is 0.0937. The summed E-state index contributed by atoms with van der Waals surface area (Å²) < 4.78 is 13.7. The molecule has 0 aromatic heterocycles. The highest BCUT2D eigenvalue weighted by Gasteiger charge is 2.45. The van der Waals surface area contributed by atoms with Crippen LogP contribution in [0.5, 0.6) is 0 Å². The van der Waals surface area contributed by atoms with Crippen molar-refractivity contribution in [1.82, 2.24) is 5.32 Å². The third-order valence-corrected chi connectivity index (χ3v) is 4.07. The van der Waals surface area contributed by atoms with Gasteiger partial charge in [0.2, 0.25) is 5.91 Å². The monoisotopic (exact) mass is 314 g/mol. The van der Waals surface area contributed by atoms with Gasteiger partial charge in [0.05, 0.1) is 4.92 Å². The quantitative estimate of drug-likeness (QED) is 0.680. The van der Waals surface area contributed by atoms with Gasteiger partial charge in [-0.2, -0.15) is 0 Å². The van der Waals surface area contributed by atoms with E-state index in [0.717, 1.165) is 0 Å². The molecule has 6 heteroatoms. The highest BCUT2D eigenvalue weighted by Crippen LogP contribution is 2.48. The molecule has 2 unspecified atom stereocenters. The fourth-order valence-corrected chi connectivity index (χ4v) is 2.76. The summed E-state index contributed by atoms with van der Waals surface area (Å²) in [5.41, 5.74) is 0.988. The number of para-hydroxylation sites is 1. The van der Waals surface area contributed by atoms with Gasteiger partial charge in [0, 0.05) is 24.1 Å². The second kappa shape index (κ2) is 6.16. The average molecular weight is 314 g/mol. The predicted molar refractivity (Wildman–Crippen MR) is 82.2 cm³/mol. The van der Waals surface area contributed by atoms with Gasteiger partial charge in [0.1, 0.15) is 5.82 Å². The van der Waals surface area contributed by atoms with Crippen LogP contribution in [0, 0.1) is 21.8 Å². The van der Waals surface area contributed by atoms with Crippen LogP contribution in [0.2, 0.25) is 0 Å². The van der Waals surface area contributed by atoms with Crippen molar-refractivity contribution in [2.24, 2.45) is 5.92 Å². The maximum atomic E-state index is 13.7. The molecule has 0 radical (unpaired) electrons. The molecule has 0 heterocycles. The van der Waals surface area contributed by atoms with Crippen LogP contribution in [0.3, 0.4) is 0 Å². The molecule has 0 spiro atoms. The Hall–Kier alpha value is -2.76. The maximum Gasteiger partial charge on any atom is 0.274 e. The summed E-state index contributed by atoms with van der Waals surface area (Å²) in [6, 6.07) is 12.7. The number of hydrogen-bond acceptors (Lipinski definition) is 3. The summed E-state index contributed by atoms with van der Waals surface area (Å²) >= 11 is 0. The lowest BCUT2D eigenvalue weighted by molar-refractivity contribution is -0.385. The zero-order valence-corrected chi connectivity index (χ0v) is 12.2. The number of rotatable bonds is 5. The molecule has 1 aliphatic rings. The summed E-state index contributed by atoms with van der Waals surface area (Å²) in [5, 5.41) is 13.6. The van der Waals surface area contributed by atoms with Crippen LogP contribution in [0.4, 0.5) is 10.1 Å². The molecular weight excluding hydrogens is 299 g/mol. The van der Waals surface area contributed by atoms with E-state index in [1.807, 2.05) is 0 Å². The molecule has 0 bridgehead atoms. The van der Waals surface area contributed by atoms with E-state index in [2.05, 4.69) is 5.32 Å². The molecule has 0 saturated heterocycles. The van der Waals surface area contributed by atoms with Crippen molar-refractivity contribution < 1.29 is 14.1 Å². The zero-order valence-electron chi connectivity index (χ0n) is 12.2. The van der Waals surface area contributed by atoms with E-state index in [1.165, 1.54) is 12.1 Å². The Morgan fingerprint density at radius 2 is 1.91 bits per heavy atom. The molecule has 2 atom stereocenters. The summed E-state index contributed by atoms with van der Waals surface area (Å²) in [5.74, 6) is -0.875. The Kier molecular flexibility index (Phi) is 4.06. The molecule has 1 saturated carbocycles. The van der Waals surface area contributed by atoms with E-state index in [0.29, 0.717) is 17.5 Å². The van der Waals surface area contributed by atoms with E-state index >= 15 is 0 Å². The normalized spacial score (nSPS) is 19.2. The molecule has 1 fully saturated rings. The Bertz CT molecular complexity index is 763. The van der Waals surface area contributed by atoms with Gasteiger partial charge in [0.25, 0.3) is 5.69 Å². The van der Waals surface area contributed by atoms with Gasteiger partial charge in [-0.15, -0.1) is 0 Å². The minimum atomic E-state index is -0.471. The van der Waals surface area contributed by atoms with Gasteiger partial charge in [0.15, 0.2) is 0 Å². The van der Waals surface area contributed by atoms with Crippen molar-refractivity contribution in [3.8, 4) is 0 Å². The molecule has 118 valence electrons. The molecule has 0 aliphatic heterocycles. The highest BCUT2D eigenvalue weighted by molar-refractivity contribution is 5.83. The van der Waals surface area contributed by atoms with Crippen LogP contribution in [0.15, 0.2) is 48.5 Å². The predicted octanol–water partition coefficient (Wildman–Crippen LogP) is 3.15. The van der Waals surface area contributed by atoms with Crippen molar-refractivity contribution in [2.75, 3.05) is 0 Å². The topological polar surface area (TPSA) is 72.2 Å². The lowest BCUT2D eigenvalue weighted by atomic mass is 10.1. The standard InChI is InChI=1S/C17H15FN2O3/c18-15-7-3-2-6-12(15)13-9-14(13)17(21)19-10-11-5-1-4-8-16(11)20(22)23/h1-8,13-14H,9-10H2,(H,19,21). The minimum absolute atomic E-state index is 0.0192. The number of benzene rings is 2. The molecule has 1 amide bonds. The van der Waals surface area contributed by atoms with E-state index in [-0.39, 0.29) is 35.8 Å². The van der Waals surface area contributed by atoms with E-state index in [4.69, 9.17) is 0 Å². The number of amides is 1. The molecule has 23 heavy (non-hydrogen) atoms. The molecule has 2 aromatic carbocycles. The SMILES string of the molecule is O=C(NCc1ccccc1[N+](=O)[O-])C1CC1c1ccccc1F. The lowest BCUT2D eigenvalue weighted by Crippen LogP contribution is -2.25. The Balaban J connectivity index is 1.62. The number of nitrogens with one attached hydrogen (secondary N) is 1. The Morgan fingerprint density at radius 3 is 2.65 bits per heavy atom. The van der Waals surface area contributed by atoms with E-state index < -0.39 is 4.92 Å². The van der Waals surface area contributed by atoms with Crippen LogP contribution in [0.1, 0.15) is 23.5 Å². The third kappa shape index (κ3) is 3.21. The summed E-state index contributed by atoms with van der Waals surface area (Å²) in [4.78, 5) is 22.6. The number of carbonyl (C=O) groups excluding carboxylic acids is 1. The highest BCUT2D eigenvalue weighted by atomic mass is 19.1. The molecule has 1 N–H and O–H groups in total. The van der Waals surface area contributed by atoms with E-state index in [1.54, 1.807) is 36.4 Å². The van der Waals surface area contributed by atoms with Crippen LogP contribution in [-0.2, 0) is 11.3 Å². The number of halogens is 1. The fraction of sp³-hybridized carbons (Fsp3) is 0.235. The molecule has 5 nitrogen and oxygen atoms in total. The van der Waals surface area contributed by atoms with Crippen molar-refractivity contribution in [3.05, 3.63) is 75.6 Å². The van der Waals surface area contributed by atoms with Crippen molar-refractivity contribution >= 4 is 11.6 Å².